The number of furan rings is 1. The number of rotatable bonds is 8. The number of hydrogen-bond acceptors (Lipinski definition) is 1. The van der Waals surface area contributed by atoms with Crippen molar-refractivity contribution in [2.45, 2.75) is 5.92 Å². The SMILES string of the molecule is c1ccc(-c2ccc(-c3ccc(C(c4ccc(-c5ccc(-c6ccccc6)cc5)cc4)c4ccc5c6ccc(-c7ccc8oc9ccccc9c8c7)cc6c6ccccc6c5c4)cc3)cc2)cc1. The monoisotopic (exact) mass is 864 g/mol. The van der Waals surface area contributed by atoms with Crippen LogP contribution in [0.15, 0.2) is 265 Å². The van der Waals surface area contributed by atoms with Crippen molar-refractivity contribution >= 4 is 54.3 Å². The number of para-hydroxylation sites is 1. The van der Waals surface area contributed by atoms with Crippen LogP contribution in [-0.2, 0) is 0 Å². The predicted molar refractivity (Wildman–Crippen MR) is 287 cm³/mol. The molecule has 0 bridgehead atoms. The minimum atomic E-state index is 0.00849. The van der Waals surface area contributed by atoms with E-state index in [0.717, 1.165) is 21.9 Å². The van der Waals surface area contributed by atoms with E-state index in [4.69, 9.17) is 4.42 Å². The van der Waals surface area contributed by atoms with E-state index in [2.05, 4.69) is 249 Å². The summed E-state index contributed by atoms with van der Waals surface area (Å²) in [7, 11) is 0. The fourth-order valence-corrected chi connectivity index (χ4v) is 10.5. The van der Waals surface area contributed by atoms with Crippen molar-refractivity contribution in [2.24, 2.45) is 0 Å². The molecule has 0 fully saturated rings. The Morgan fingerprint density at radius 2 is 0.515 bits per heavy atom. The van der Waals surface area contributed by atoms with Crippen LogP contribution in [0.1, 0.15) is 22.6 Å². The van der Waals surface area contributed by atoms with Gasteiger partial charge in [-0.25, -0.2) is 0 Å². The summed E-state index contributed by atoms with van der Waals surface area (Å²) in [5.74, 6) is 0.00849. The lowest BCUT2D eigenvalue weighted by Crippen LogP contribution is -2.04. The van der Waals surface area contributed by atoms with Gasteiger partial charge >= 0.3 is 0 Å². The van der Waals surface area contributed by atoms with E-state index in [1.54, 1.807) is 0 Å². The summed E-state index contributed by atoms with van der Waals surface area (Å²) in [6.45, 7) is 0. The average Bonchev–Trinajstić information content (AvgIpc) is 3.80. The van der Waals surface area contributed by atoms with Crippen LogP contribution in [0.25, 0.3) is 110 Å². The number of fused-ring (bicyclic) bond motifs is 9. The Hall–Kier alpha value is -8.78. The molecule has 1 aromatic heterocycles. The first kappa shape index (κ1) is 39.6. The Bertz CT molecular complexity index is 3810. The molecule has 0 radical (unpaired) electrons. The standard InChI is InChI=1S/C67H44O/c1-3-11-44(12-4-1)46-19-23-48(24-20-46)50-27-31-52(32-28-50)67(53-33-29-51(30-34-53)49-25-21-47(22-26-49)45-13-5-2-6-14-45)56-36-39-60-59-38-35-54(41-62(59)57-15-7-8-16-58(57)63(60)43-56)55-37-40-66-64(42-55)61-17-9-10-18-65(61)68-66/h1-43,67H. The predicted octanol–water partition coefficient (Wildman–Crippen LogP) is 18.6. The summed E-state index contributed by atoms with van der Waals surface area (Å²) in [4.78, 5) is 0. The molecule has 1 heteroatoms. The van der Waals surface area contributed by atoms with Crippen LogP contribution in [0.2, 0.25) is 0 Å². The molecule has 68 heavy (non-hydrogen) atoms. The third kappa shape index (κ3) is 7.05. The largest absolute Gasteiger partial charge is 0.456 e. The van der Waals surface area contributed by atoms with Gasteiger partial charge in [-0.3, -0.25) is 0 Å². The second-order valence-electron chi connectivity index (χ2n) is 18.0. The van der Waals surface area contributed by atoms with Crippen LogP contribution in [0.5, 0.6) is 0 Å². The van der Waals surface area contributed by atoms with Crippen LogP contribution in [0.4, 0.5) is 0 Å². The summed E-state index contributed by atoms with van der Waals surface area (Å²) >= 11 is 0. The zero-order valence-electron chi connectivity index (χ0n) is 37.3. The molecule has 13 rings (SSSR count). The zero-order chi connectivity index (χ0) is 45.0. The summed E-state index contributed by atoms with van der Waals surface area (Å²) < 4.78 is 6.18. The highest BCUT2D eigenvalue weighted by atomic mass is 16.3. The first-order valence-electron chi connectivity index (χ1n) is 23.5. The molecular weight excluding hydrogens is 821 g/mol. The Morgan fingerprint density at radius 1 is 0.191 bits per heavy atom. The maximum absolute atomic E-state index is 6.18. The van der Waals surface area contributed by atoms with Gasteiger partial charge in [0.05, 0.1) is 0 Å². The molecule has 0 aliphatic carbocycles. The van der Waals surface area contributed by atoms with Crippen molar-refractivity contribution < 1.29 is 4.42 Å². The van der Waals surface area contributed by atoms with Crippen molar-refractivity contribution in [2.75, 3.05) is 0 Å². The Morgan fingerprint density at radius 3 is 1.03 bits per heavy atom. The second-order valence-corrected chi connectivity index (χ2v) is 18.0. The van der Waals surface area contributed by atoms with Gasteiger partial charge in [-0.15, -0.1) is 0 Å². The van der Waals surface area contributed by atoms with Crippen molar-refractivity contribution in [1.82, 2.24) is 0 Å². The van der Waals surface area contributed by atoms with E-state index in [1.165, 1.54) is 105 Å². The molecule has 0 atom stereocenters. The molecule has 0 amide bonds. The van der Waals surface area contributed by atoms with Gasteiger partial charge < -0.3 is 4.42 Å². The molecular formula is C67H44O. The van der Waals surface area contributed by atoms with Gasteiger partial charge in [-0.2, -0.15) is 0 Å². The van der Waals surface area contributed by atoms with Gasteiger partial charge in [0, 0.05) is 16.7 Å². The molecule has 0 aliphatic heterocycles. The van der Waals surface area contributed by atoms with Crippen LogP contribution in [-0.4, -0.2) is 0 Å². The molecule has 0 saturated carbocycles. The van der Waals surface area contributed by atoms with E-state index in [0.29, 0.717) is 0 Å². The third-order valence-electron chi connectivity index (χ3n) is 14.0. The smallest absolute Gasteiger partial charge is 0.135 e. The lowest BCUT2D eigenvalue weighted by Gasteiger charge is -2.21. The lowest BCUT2D eigenvalue weighted by atomic mass is 9.82. The highest BCUT2D eigenvalue weighted by Gasteiger charge is 2.20. The van der Waals surface area contributed by atoms with E-state index < -0.39 is 0 Å². The average molecular weight is 865 g/mol. The number of hydrogen-bond donors (Lipinski definition) is 0. The van der Waals surface area contributed by atoms with Gasteiger partial charge in [0.2, 0.25) is 0 Å². The third-order valence-corrected chi connectivity index (χ3v) is 14.0. The van der Waals surface area contributed by atoms with E-state index in [1.807, 2.05) is 12.1 Å². The summed E-state index contributed by atoms with van der Waals surface area (Å²) in [6, 6.07) is 95.5. The molecule has 0 saturated heterocycles. The fourth-order valence-electron chi connectivity index (χ4n) is 10.5. The minimum Gasteiger partial charge on any atom is -0.456 e. The Kier molecular flexibility index (Phi) is 9.65. The molecule has 1 heterocycles. The van der Waals surface area contributed by atoms with Gasteiger partial charge in [0.25, 0.3) is 0 Å². The van der Waals surface area contributed by atoms with Gasteiger partial charge in [-0.05, 0) is 135 Å². The molecule has 12 aromatic carbocycles. The second kappa shape index (κ2) is 16.6. The molecule has 13 aromatic rings. The molecule has 0 spiro atoms. The highest BCUT2D eigenvalue weighted by Crippen LogP contribution is 2.42. The maximum Gasteiger partial charge on any atom is 0.135 e. The summed E-state index contributed by atoms with van der Waals surface area (Å²) in [5, 5.41) is 9.83. The molecule has 0 N–H and O–H groups in total. The lowest BCUT2D eigenvalue weighted by molar-refractivity contribution is 0.669. The fraction of sp³-hybridized carbons (Fsp3) is 0.0149. The van der Waals surface area contributed by atoms with Crippen molar-refractivity contribution in [3.63, 3.8) is 0 Å². The number of benzene rings is 12. The van der Waals surface area contributed by atoms with Gasteiger partial charge in [0.15, 0.2) is 0 Å². The summed E-state index contributed by atoms with van der Waals surface area (Å²) in [6.07, 6.45) is 0. The highest BCUT2D eigenvalue weighted by molar-refractivity contribution is 6.26. The zero-order valence-corrected chi connectivity index (χ0v) is 37.3. The normalized spacial score (nSPS) is 11.7. The molecule has 318 valence electrons. The van der Waals surface area contributed by atoms with Crippen molar-refractivity contribution in [3.8, 4) is 55.6 Å². The van der Waals surface area contributed by atoms with Crippen molar-refractivity contribution in [1.29, 1.82) is 0 Å². The first-order chi connectivity index (χ1) is 33.7. The first-order valence-corrected chi connectivity index (χ1v) is 23.5. The molecule has 0 aliphatic rings. The summed E-state index contributed by atoms with van der Waals surface area (Å²) in [5.41, 5.74) is 17.7. The van der Waals surface area contributed by atoms with Gasteiger partial charge in [0.1, 0.15) is 11.2 Å². The van der Waals surface area contributed by atoms with Crippen LogP contribution in [0, 0.1) is 0 Å². The Balaban J connectivity index is 0.904. The quantitative estimate of drug-likeness (QED) is 0.110. The topological polar surface area (TPSA) is 13.1 Å². The van der Waals surface area contributed by atoms with Crippen LogP contribution >= 0.6 is 0 Å². The molecule has 1 nitrogen and oxygen atoms in total. The Labute approximate surface area is 395 Å². The van der Waals surface area contributed by atoms with Crippen LogP contribution in [0.3, 0.4) is 0 Å². The van der Waals surface area contributed by atoms with Crippen LogP contribution < -0.4 is 0 Å². The molecule has 0 unspecified atom stereocenters. The minimum absolute atomic E-state index is 0.00849. The maximum atomic E-state index is 6.18. The van der Waals surface area contributed by atoms with Gasteiger partial charge in [-0.1, -0.05) is 231 Å². The van der Waals surface area contributed by atoms with E-state index >= 15 is 0 Å². The van der Waals surface area contributed by atoms with Crippen molar-refractivity contribution in [3.05, 3.63) is 278 Å². The van der Waals surface area contributed by atoms with E-state index in [9.17, 15) is 0 Å². The van der Waals surface area contributed by atoms with E-state index in [-0.39, 0.29) is 5.92 Å².